The smallest absolute Gasteiger partial charge is 0.272 e. The lowest BCUT2D eigenvalue weighted by atomic mass is 9.81. The first kappa shape index (κ1) is 22.4. The summed E-state index contributed by atoms with van der Waals surface area (Å²) in [5.74, 6) is -1.71. The Bertz CT molecular complexity index is 1060. The average Bonchev–Trinajstić information content (AvgIpc) is 3.39. The highest BCUT2D eigenvalue weighted by Crippen LogP contribution is 2.60. The number of nitrogens with zero attached hydrogens (tertiary/aromatic N) is 2. The van der Waals surface area contributed by atoms with Gasteiger partial charge in [-0.2, -0.15) is 5.01 Å². The normalized spacial score (nSPS) is 30.7. The summed E-state index contributed by atoms with van der Waals surface area (Å²) < 4.78 is 0. The highest BCUT2D eigenvalue weighted by Gasteiger charge is 2.67. The minimum atomic E-state index is -0.434. The van der Waals surface area contributed by atoms with Crippen LogP contribution in [0.3, 0.4) is 0 Å². The Kier molecular flexibility index (Phi) is 5.89. The number of benzene rings is 2. The number of imide groups is 1. The molecule has 2 aromatic carbocycles. The zero-order valence-electron chi connectivity index (χ0n) is 16.6. The van der Waals surface area contributed by atoms with Gasteiger partial charge in [-0.3, -0.25) is 14.4 Å². The number of fused-ring (bicyclic) bond motifs is 5. The molecule has 1 saturated heterocycles. The Morgan fingerprint density at radius 2 is 1.34 bits per heavy atom. The molecule has 3 fully saturated rings. The van der Waals surface area contributed by atoms with Crippen LogP contribution in [0.25, 0.3) is 0 Å². The van der Waals surface area contributed by atoms with Crippen LogP contribution in [-0.2, 0) is 16.1 Å². The number of hydrogen-bond acceptors (Lipinski definition) is 3. The molecule has 1 aliphatic heterocycles. The molecule has 5 rings (SSSR count). The van der Waals surface area contributed by atoms with Crippen LogP contribution in [0.4, 0.5) is 0 Å². The third-order valence-electron chi connectivity index (χ3n) is 6.78. The lowest BCUT2D eigenvalue weighted by Gasteiger charge is -2.31. The summed E-state index contributed by atoms with van der Waals surface area (Å²) in [4.78, 5) is 40.9. The first-order valence-corrected chi connectivity index (χ1v) is 12.8. The third kappa shape index (κ3) is 3.52. The molecule has 2 aliphatic carbocycles. The summed E-state index contributed by atoms with van der Waals surface area (Å²) in [6.45, 7) is 0.0698. The summed E-state index contributed by atoms with van der Waals surface area (Å²) in [6.07, 6.45) is 0.828. The maximum atomic E-state index is 13.5. The zero-order chi connectivity index (χ0) is 22.7. The molecule has 0 N–H and O–H groups in total. The maximum Gasteiger partial charge on any atom is 0.273 e. The van der Waals surface area contributed by atoms with Gasteiger partial charge in [0, 0.05) is 25.3 Å². The fourth-order valence-corrected chi connectivity index (χ4v) is 7.43. The van der Waals surface area contributed by atoms with Gasteiger partial charge >= 0.3 is 0 Å². The van der Waals surface area contributed by atoms with Crippen molar-refractivity contribution >= 4 is 72.8 Å². The van der Waals surface area contributed by atoms with Crippen molar-refractivity contribution in [2.45, 2.75) is 22.6 Å². The third-order valence-corrected chi connectivity index (χ3v) is 10.5. The van der Waals surface area contributed by atoms with Crippen molar-refractivity contribution < 1.29 is 14.4 Å². The SMILES string of the molecule is O=C(c1ccc(Cl)cc1)N(Cc1ccc(Cl)cc1)N1C(=O)[C@@H]2[C@H]3C[C@@H]([C@H](Br)[C@@H]3Br)[C@@H]2C1=O. The molecular weight excluding hydrogens is 583 g/mol. The van der Waals surface area contributed by atoms with Gasteiger partial charge in [0.25, 0.3) is 17.7 Å². The van der Waals surface area contributed by atoms with Crippen molar-refractivity contribution in [2.24, 2.45) is 23.7 Å². The van der Waals surface area contributed by atoms with Gasteiger partial charge in [-0.15, -0.1) is 0 Å². The molecule has 3 aliphatic rings. The number of hydrogen-bond donors (Lipinski definition) is 0. The molecule has 2 saturated carbocycles. The fraction of sp³-hybridized carbons (Fsp3) is 0.348. The average molecular weight is 601 g/mol. The molecule has 3 amide bonds. The van der Waals surface area contributed by atoms with Crippen LogP contribution in [0.5, 0.6) is 0 Å². The van der Waals surface area contributed by atoms with E-state index in [0.29, 0.717) is 15.6 Å². The zero-order valence-corrected chi connectivity index (χ0v) is 21.3. The Morgan fingerprint density at radius 1 is 0.875 bits per heavy atom. The highest BCUT2D eigenvalue weighted by molar-refractivity contribution is 9.12. The van der Waals surface area contributed by atoms with Gasteiger partial charge in [-0.25, -0.2) is 5.01 Å². The van der Waals surface area contributed by atoms with E-state index in [9.17, 15) is 14.4 Å². The number of hydrazine groups is 1. The first-order chi connectivity index (χ1) is 15.3. The molecule has 6 atom stereocenters. The van der Waals surface area contributed by atoms with Crippen molar-refractivity contribution in [3.63, 3.8) is 0 Å². The molecule has 2 aromatic rings. The molecule has 0 radical (unpaired) electrons. The fourth-order valence-electron chi connectivity index (χ4n) is 5.31. The van der Waals surface area contributed by atoms with E-state index < -0.39 is 17.7 Å². The number of amides is 3. The molecule has 0 unspecified atom stereocenters. The van der Waals surface area contributed by atoms with E-state index >= 15 is 0 Å². The topological polar surface area (TPSA) is 57.7 Å². The molecule has 9 heteroatoms. The van der Waals surface area contributed by atoms with Gasteiger partial charge in [-0.1, -0.05) is 67.2 Å². The highest BCUT2D eigenvalue weighted by atomic mass is 79.9. The molecule has 0 spiro atoms. The summed E-state index contributed by atoms with van der Waals surface area (Å²) in [5.41, 5.74) is 1.11. The van der Waals surface area contributed by atoms with E-state index in [1.807, 2.05) is 0 Å². The van der Waals surface area contributed by atoms with Gasteiger partial charge in [0.1, 0.15) is 0 Å². The van der Waals surface area contributed by atoms with Gasteiger partial charge in [0.15, 0.2) is 0 Å². The summed E-state index contributed by atoms with van der Waals surface area (Å²) in [5, 5.41) is 3.42. The second kappa shape index (κ2) is 8.42. The van der Waals surface area contributed by atoms with Crippen LogP contribution < -0.4 is 0 Å². The second-order valence-corrected chi connectivity index (χ2v) is 11.5. The molecule has 0 aromatic heterocycles. The van der Waals surface area contributed by atoms with Crippen LogP contribution in [0, 0.1) is 23.7 Å². The number of rotatable bonds is 4. The molecule has 166 valence electrons. The van der Waals surface area contributed by atoms with Crippen LogP contribution >= 0.6 is 55.1 Å². The predicted molar refractivity (Wildman–Crippen MR) is 129 cm³/mol. The van der Waals surface area contributed by atoms with Gasteiger partial charge in [-0.05, 0) is 60.2 Å². The molecule has 5 nitrogen and oxygen atoms in total. The van der Waals surface area contributed by atoms with Crippen LogP contribution in [0.15, 0.2) is 48.5 Å². The van der Waals surface area contributed by atoms with E-state index in [1.165, 1.54) is 5.01 Å². The minimum absolute atomic E-state index is 0.0684. The van der Waals surface area contributed by atoms with E-state index in [-0.39, 0.29) is 39.8 Å². The molecule has 32 heavy (non-hydrogen) atoms. The van der Waals surface area contributed by atoms with Crippen molar-refractivity contribution in [2.75, 3.05) is 0 Å². The van der Waals surface area contributed by atoms with Gasteiger partial charge in [0.05, 0.1) is 18.4 Å². The van der Waals surface area contributed by atoms with Gasteiger partial charge < -0.3 is 0 Å². The molecule has 2 bridgehead atoms. The largest absolute Gasteiger partial charge is 0.273 e. The lowest BCUT2D eigenvalue weighted by molar-refractivity contribution is -0.156. The van der Waals surface area contributed by atoms with E-state index in [1.54, 1.807) is 48.5 Å². The summed E-state index contributed by atoms with van der Waals surface area (Å²) in [7, 11) is 0. The second-order valence-electron chi connectivity index (χ2n) is 8.49. The Hall–Kier alpha value is -1.41. The summed E-state index contributed by atoms with van der Waals surface area (Å²) >= 11 is 19.4. The Labute approximate surface area is 212 Å². The maximum absolute atomic E-state index is 13.5. The first-order valence-electron chi connectivity index (χ1n) is 10.3. The van der Waals surface area contributed by atoms with Crippen molar-refractivity contribution in [1.82, 2.24) is 10.0 Å². The standard InChI is InChI=1S/C23H18Br2Cl2N2O3/c24-19-15-9-16(20(19)25)18-17(15)22(31)29(23(18)32)28(10-11-1-5-13(26)6-2-11)21(30)12-3-7-14(27)8-4-12/h1-8,15-20H,9-10H2/t15-,16-,17-,18+,19-,20+/m1/s1. The Morgan fingerprint density at radius 3 is 1.84 bits per heavy atom. The van der Waals surface area contributed by atoms with Crippen LogP contribution in [0.2, 0.25) is 10.0 Å². The van der Waals surface area contributed by atoms with Gasteiger partial charge in [0.2, 0.25) is 0 Å². The van der Waals surface area contributed by atoms with Crippen LogP contribution in [0.1, 0.15) is 22.3 Å². The van der Waals surface area contributed by atoms with E-state index in [4.69, 9.17) is 23.2 Å². The number of alkyl halides is 2. The Balaban J connectivity index is 1.52. The van der Waals surface area contributed by atoms with Crippen molar-refractivity contribution in [3.8, 4) is 0 Å². The number of carbonyl (C=O) groups is 3. The monoisotopic (exact) mass is 598 g/mol. The summed E-state index contributed by atoms with van der Waals surface area (Å²) in [6, 6.07) is 13.4. The van der Waals surface area contributed by atoms with Crippen LogP contribution in [-0.4, -0.2) is 37.4 Å². The van der Waals surface area contributed by atoms with Crippen molar-refractivity contribution in [1.29, 1.82) is 0 Å². The quantitative estimate of drug-likeness (QED) is 0.352. The van der Waals surface area contributed by atoms with Crippen molar-refractivity contribution in [3.05, 3.63) is 69.7 Å². The molecular formula is C23H18Br2Cl2N2O3. The number of carbonyl (C=O) groups excluding carboxylic acids is 3. The van der Waals surface area contributed by atoms with E-state index in [0.717, 1.165) is 17.0 Å². The lowest BCUT2D eigenvalue weighted by Crippen LogP contribution is -2.50. The minimum Gasteiger partial charge on any atom is -0.272 e. The number of halogens is 4. The molecule has 1 heterocycles. The predicted octanol–water partition coefficient (Wildman–Crippen LogP) is 5.33. The van der Waals surface area contributed by atoms with E-state index in [2.05, 4.69) is 31.9 Å².